The monoisotopic (exact) mass is 291 g/mol. The van der Waals surface area contributed by atoms with Crippen LogP contribution in [0.4, 0.5) is 8.78 Å². The third-order valence-corrected chi connectivity index (χ3v) is 3.11. The highest BCUT2D eigenvalue weighted by Crippen LogP contribution is 2.14. The second kappa shape index (κ2) is 6.45. The number of hydrogen-bond acceptors (Lipinski definition) is 2. The van der Waals surface area contributed by atoms with Gasteiger partial charge < -0.3 is 5.11 Å². The molecule has 21 heavy (non-hydrogen) atoms. The quantitative estimate of drug-likeness (QED) is 0.919. The lowest BCUT2D eigenvalue weighted by Crippen LogP contribution is -2.18. The molecule has 2 aromatic carbocycles. The lowest BCUT2D eigenvalue weighted by Gasteiger charge is -2.17. The minimum absolute atomic E-state index is 0.0718. The average molecular weight is 291 g/mol. The van der Waals surface area contributed by atoms with E-state index >= 15 is 0 Å². The minimum atomic E-state index is -1.15. The number of carboxylic acid groups (broad SMARTS) is 1. The molecule has 2 aromatic rings. The van der Waals surface area contributed by atoms with E-state index in [1.54, 1.807) is 12.1 Å². The van der Waals surface area contributed by atoms with Crippen molar-refractivity contribution in [2.24, 2.45) is 0 Å². The number of carboxylic acids is 1. The third-order valence-electron chi connectivity index (χ3n) is 3.11. The highest BCUT2D eigenvalue weighted by molar-refractivity contribution is 5.87. The van der Waals surface area contributed by atoms with Crippen LogP contribution in [0.25, 0.3) is 0 Å². The maximum absolute atomic E-state index is 13.8. The molecule has 0 amide bonds. The first-order valence-corrected chi connectivity index (χ1v) is 6.40. The summed E-state index contributed by atoms with van der Waals surface area (Å²) >= 11 is 0. The van der Waals surface area contributed by atoms with Crippen LogP contribution in [0.15, 0.2) is 42.5 Å². The lowest BCUT2D eigenvalue weighted by atomic mass is 10.1. The van der Waals surface area contributed by atoms with E-state index in [0.29, 0.717) is 18.7 Å². The first kappa shape index (κ1) is 15.1. The fourth-order valence-corrected chi connectivity index (χ4v) is 2.06. The van der Waals surface area contributed by atoms with Crippen LogP contribution in [0.1, 0.15) is 21.5 Å². The molecule has 2 rings (SSSR count). The summed E-state index contributed by atoms with van der Waals surface area (Å²) < 4.78 is 26.6. The molecule has 3 nitrogen and oxygen atoms in total. The summed E-state index contributed by atoms with van der Waals surface area (Å²) in [6, 6.07) is 9.98. The summed E-state index contributed by atoms with van der Waals surface area (Å²) in [5.74, 6) is -1.99. The van der Waals surface area contributed by atoms with Gasteiger partial charge in [-0.3, -0.25) is 4.90 Å². The van der Waals surface area contributed by atoms with Crippen molar-refractivity contribution in [3.63, 3.8) is 0 Å². The maximum Gasteiger partial charge on any atom is 0.335 e. The molecule has 0 unspecified atom stereocenters. The minimum Gasteiger partial charge on any atom is -0.478 e. The molecule has 0 bridgehead atoms. The van der Waals surface area contributed by atoms with Crippen LogP contribution in [-0.4, -0.2) is 23.0 Å². The fourth-order valence-electron chi connectivity index (χ4n) is 2.06. The van der Waals surface area contributed by atoms with Crippen molar-refractivity contribution in [3.05, 3.63) is 70.8 Å². The number of halogens is 2. The van der Waals surface area contributed by atoms with Gasteiger partial charge in [-0.1, -0.05) is 18.2 Å². The topological polar surface area (TPSA) is 40.5 Å². The summed E-state index contributed by atoms with van der Waals surface area (Å²) in [4.78, 5) is 12.6. The van der Waals surface area contributed by atoms with Gasteiger partial charge in [0.2, 0.25) is 0 Å². The van der Waals surface area contributed by atoms with Crippen molar-refractivity contribution in [3.8, 4) is 0 Å². The van der Waals surface area contributed by atoms with Gasteiger partial charge in [-0.2, -0.15) is 0 Å². The van der Waals surface area contributed by atoms with E-state index in [2.05, 4.69) is 0 Å². The van der Waals surface area contributed by atoms with Gasteiger partial charge in [-0.15, -0.1) is 0 Å². The van der Waals surface area contributed by atoms with E-state index < -0.39 is 11.8 Å². The first-order valence-electron chi connectivity index (χ1n) is 6.40. The standard InChI is InChI=1S/C16H15F2NO2/c1-19(9-11-2-6-14(17)7-3-11)10-13-5-4-12(16(20)21)8-15(13)18/h2-8H,9-10H2,1H3,(H,20,21). The molecule has 0 saturated heterocycles. The normalized spacial score (nSPS) is 10.9. The number of carbonyl (C=O) groups is 1. The van der Waals surface area contributed by atoms with Gasteiger partial charge in [-0.05, 0) is 36.9 Å². The molecule has 0 fully saturated rings. The largest absolute Gasteiger partial charge is 0.478 e. The Kier molecular flexibility index (Phi) is 4.65. The molecule has 0 atom stereocenters. The molecular formula is C16H15F2NO2. The zero-order chi connectivity index (χ0) is 15.4. The number of hydrogen-bond donors (Lipinski definition) is 1. The molecule has 0 radical (unpaired) electrons. The summed E-state index contributed by atoms with van der Waals surface area (Å²) in [5, 5.41) is 8.79. The summed E-state index contributed by atoms with van der Waals surface area (Å²) in [7, 11) is 1.81. The van der Waals surface area contributed by atoms with Crippen molar-refractivity contribution in [2.75, 3.05) is 7.05 Å². The molecule has 5 heteroatoms. The van der Waals surface area contributed by atoms with Gasteiger partial charge in [0.1, 0.15) is 11.6 Å². The zero-order valence-corrected chi connectivity index (χ0v) is 11.5. The molecular weight excluding hydrogens is 276 g/mol. The highest BCUT2D eigenvalue weighted by atomic mass is 19.1. The Morgan fingerprint density at radius 1 is 1.10 bits per heavy atom. The van der Waals surface area contributed by atoms with Gasteiger partial charge in [0.05, 0.1) is 5.56 Å². The predicted molar refractivity (Wildman–Crippen MR) is 74.9 cm³/mol. The van der Waals surface area contributed by atoms with Crippen molar-refractivity contribution in [1.29, 1.82) is 0 Å². The van der Waals surface area contributed by atoms with Crippen LogP contribution in [0, 0.1) is 11.6 Å². The van der Waals surface area contributed by atoms with Crippen LogP contribution in [0.5, 0.6) is 0 Å². The van der Waals surface area contributed by atoms with Gasteiger partial charge in [0.25, 0.3) is 0 Å². The molecule has 1 N–H and O–H groups in total. The maximum atomic E-state index is 13.8. The number of aromatic carboxylic acids is 1. The Labute approximate surface area is 121 Å². The van der Waals surface area contributed by atoms with E-state index in [1.165, 1.54) is 24.3 Å². The van der Waals surface area contributed by atoms with Crippen molar-refractivity contribution >= 4 is 5.97 Å². The highest BCUT2D eigenvalue weighted by Gasteiger charge is 2.10. The number of benzene rings is 2. The molecule has 0 aliphatic heterocycles. The molecule has 0 aromatic heterocycles. The number of nitrogens with zero attached hydrogens (tertiary/aromatic N) is 1. The molecule has 0 aliphatic rings. The van der Waals surface area contributed by atoms with Crippen LogP contribution < -0.4 is 0 Å². The first-order chi connectivity index (χ1) is 9.95. The molecule has 0 heterocycles. The smallest absolute Gasteiger partial charge is 0.335 e. The molecule has 0 spiro atoms. The van der Waals surface area contributed by atoms with Gasteiger partial charge in [-0.25, -0.2) is 13.6 Å². The summed E-state index contributed by atoms with van der Waals surface area (Å²) in [6.07, 6.45) is 0. The van der Waals surface area contributed by atoms with E-state index in [1.807, 2.05) is 11.9 Å². The van der Waals surface area contributed by atoms with Crippen molar-refractivity contribution in [2.45, 2.75) is 13.1 Å². The van der Waals surface area contributed by atoms with Crippen LogP contribution >= 0.6 is 0 Å². The van der Waals surface area contributed by atoms with Crippen LogP contribution in [0.2, 0.25) is 0 Å². The molecule has 0 saturated carbocycles. The van der Waals surface area contributed by atoms with E-state index in [4.69, 9.17) is 5.11 Å². The summed E-state index contributed by atoms with van der Waals surface area (Å²) in [5.41, 5.74) is 1.27. The van der Waals surface area contributed by atoms with Gasteiger partial charge in [0.15, 0.2) is 0 Å². The average Bonchev–Trinajstić information content (AvgIpc) is 2.43. The van der Waals surface area contributed by atoms with Gasteiger partial charge in [0, 0.05) is 18.7 Å². The Morgan fingerprint density at radius 2 is 1.76 bits per heavy atom. The van der Waals surface area contributed by atoms with Crippen molar-refractivity contribution < 1.29 is 18.7 Å². The Hall–Kier alpha value is -2.27. The SMILES string of the molecule is CN(Cc1ccc(F)cc1)Cc1ccc(C(=O)O)cc1F. The summed E-state index contributed by atoms with van der Waals surface area (Å²) in [6.45, 7) is 0.878. The van der Waals surface area contributed by atoms with Crippen LogP contribution in [-0.2, 0) is 13.1 Å². The van der Waals surface area contributed by atoms with Gasteiger partial charge >= 0.3 is 5.97 Å². The van der Waals surface area contributed by atoms with E-state index in [9.17, 15) is 13.6 Å². The lowest BCUT2D eigenvalue weighted by molar-refractivity contribution is 0.0696. The third kappa shape index (κ3) is 4.10. The fraction of sp³-hybridized carbons (Fsp3) is 0.188. The second-order valence-corrected chi connectivity index (χ2v) is 4.91. The second-order valence-electron chi connectivity index (χ2n) is 4.91. The van der Waals surface area contributed by atoms with E-state index in [0.717, 1.165) is 11.6 Å². The van der Waals surface area contributed by atoms with Crippen molar-refractivity contribution in [1.82, 2.24) is 4.90 Å². The Balaban J connectivity index is 2.04. The molecule has 110 valence electrons. The Morgan fingerprint density at radius 3 is 2.33 bits per heavy atom. The number of rotatable bonds is 5. The molecule has 0 aliphatic carbocycles. The Bertz CT molecular complexity index is 641. The zero-order valence-electron chi connectivity index (χ0n) is 11.5. The predicted octanol–water partition coefficient (Wildman–Crippen LogP) is 3.30. The van der Waals surface area contributed by atoms with Crippen LogP contribution in [0.3, 0.4) is 0 Å². The van der Waals surface area contributed by atoms with E-state index in [-0.39, 0.29) is 11.4 Å².